The lowest BCUT2D eigenvalue weighted by Gasteiger charge is -2.16. The van der Waals surface area contributed by atoms with Crippen LogP contribution in [-0.2, 0) is 6.54 Å². The van der Waals surface area contributed by atoms with E-state index in [1.807, 2.05) is 0 Å². The molecule has 2 aromatic heterocycles. The van der Waals surface area contributed by atoms with Crippen LogP contribution in [0.25, 0.3) is 11.4 Å². The van der Waals surface area contributed by atoms with Gasteiger partial charge in [0, 0.05) is 18.0 Å². The van der Waals surface area contributed by atoms with Gasteiger partial charge < -0.3 is 9.26 Å². The number of benzene rings is 2. The monoisotopic (exact) mass is 484 g/mol. The second kappa shape index (κ2) is 9.66. The van der Waals surface area contributed by atoms with Crippen LogP contribution in [0.2, 0.25) is 0 Å². The molecule has 0 radical (unpaired) electrons. The molecule has 0 aliphatic carbocycles. The summed E-state index contributed by atoms with van der Waals surface area (Å²) in [4.78, 5) is 47.7. The summed E-state index contributed by atoms with van der Waals surface area (Å²) >= 11 is 0. The van der Waals surface area contributed by atoms with Crippen molar-refractivity contribution in [2.24, 2.45) is 0 Å². The third-order valence-corrected chi connectivity index (χ3v) is 5.45. The number of amides is 3. The minimum absolute atomic E-state index is 0.00537. The number of carbonyl (C=O) groups excluding carboxylic acids is 3. The molecule has 3 heterocycles. The van der Waals surface area contributed by atoms with Crippen molar-refractivity contribution < 1.29 is 23.6 Å². The molecule has 36 heavy (non-hydrogen) atoms. The van der Waals surface area contributed by atoms with E-state index in [1.54, 1.807) is 73.9 Å². The average molecular weight is 484 g/mol. The maximum atomic E-state index is 13.0. The van der Waals surface area contributed by atoms with E-state index in [0.29, 0.717) is 40.4 Å². The molecule has 3 amide bonds. The largest absolute Gasteiger partial charge is 0.493 e. The van der Waals surface area contributed by atoms with E-state index in [9.17, 15) is 14.4 Å². The lowest BCUT2D eigenvalue weighted by atomic mass is 10.1. The number of nitrogens with one attached hydrogen (secondary N) is 2. The first kappa shape index (κ1) is 22.7. The Morgan fingerprint density at radius 3 is 2.44 bits per heavy atom. The number of hydrogen-bond donors (Lipinski definition) is 2. The second-order valence-corrected chi connectivity index (χ2v) is 7.74. The summed E-state index contributed by atoms with van der Waals surface area (Å²) in [5.41, 5.74) is 7.30. The molecular weight excluding hydrogens is 464 g/mol. The Kier molecular flexibility index (Phi) is 6.10. The molecule has 0 saturated heterocycles. The molecule has 11 heteroatoms. The molecule has 0 saturated carbocycles. The summed E-state index contributed by atoms with van der Waals surface area (Å²) in [6, 6.07) is 15.0. The highest BCUT2D eigenvalue weighted by molar-refractivity contribution is 6.21. The Balaban J connectivity index is 1.32. The van der Waals surface area contributed by atoms with Crippen molar-refractivity contribution in [3.05, 3.63) is 89.2 Å². The lowest BCUT2D eigenvalue weighted by Crippen LogP contribution is -2.31. The fourth-order valence-electron chi connectivity index (χ4n) is 3.77. The zero-order valence-corrected chi connectivity index (χ0v) is 19.1. The molecule has 0 spiro atoms. The van der Waals surface area contributed by atoms with Crippen LogP contribution in [0.3, 0.4) is 0 Å². The number of carbonyl (C=O) groups is 3. The smallest absolute Gasteiger partial charge is 0.340 e. The highest BCUT2D eigenvalue weighted by Gasteiger charge is 2.35. The fourth-order valence-corrected chi connectivity index (χ4v) is 3.77. The number of rotatable bonds is 8. The van der Waals surface area contributed by atoms with Crippen LogP contribution in [0.4, 0.5) is 6.01 Å². The maximum Gasteiger partial charge on any atom is 0.340 e. The van der Waals surface area contributed by atoms with Crippen LogP contribution < -0.4 is 15.6 Å². The molecule has 0 fully saturated rings. The third kappa shape index (κ3) is 4.37. The van der Waals surface area contributed by atoms with Gasteiger partial charge in [0.2, 0.25) is 5.82 Å². The Morgan fingerprint density at radius 1 is 1.03 bits per heavy atom. The van der Waals surface area contributed by atoms with Crippen molar-refractivity contribution >= 4 is 23.7 Å². The number of hydrazine groups is 1. The molecule has 2 N–H and O–H groups in total. The van der Waals surface area contributed by atoms with Gasteiger partial charge in [0.05, 0.1) is 29.8 Å². The van der Waals surface area contributed by atoms with Gasteiger partial charge >= 0.3 is 6.01 Å². The van der Waals surface area contributed by atoms with Crippen molar-refractivity contribution in [1.82, 2.24) is 25.5 Å². The predicted octanol–water partition coefficient (Wildman–Crippen LogP) is 3.08. The molecule has 4 aromatic rings. The Labute approximate surface area is 205 Å². The van der Waals surface area contributed by atoms with E-state index in [4.69, 9.17) is 9.26 Å². The van der Waals surface area contributed by atoms with E-state index in [-0.39, 0.29) is 29.9 Å². The molecule has 0 bridgehead atoms. The predicted molar refractivity (Wildman–Crippen MR) is 127 cm³/mol. The van der Waals surface area contributed by atoms with Crippen molar-refractivity contribution in [2.45, 2.75) is 13.5 Å². The summed E-state index contributed by atoms with van der Waals surface area (Å²) in [5, 5.41) is 3.87. The Morgan fingerprint density at radius 2 is 1.75 bits per heavy atom. The molecule has 0 atom stereocenters. The molecular formula is C25H20N6O5. The van der Waals surface area contributed by atoms with Gasteiger partial charge in [-0.15, -0.1) is 0 Å². The molecule has 180 valence electrons. The molecule has 1 aliphatic rings. The van der Waals surface area contributed by atoms with Crippen LogP contribution in [-0.4, -0.2) is 44.4 Å². The van der Waals surface area contributed by atoms with Gasteiger partial charge in [-0.3, -0.25) is 29.7 Å². The average Bonchev–Trinajstić information content (AvgIpc) is 3.48. The van der Waals surface area contributed by atoms with Crippen LogP contribution >= 0.6 is 0 Å². The topological polar surface area (TPSA) is 140 Å². The van der Waals surface area contributed by atoms with Gasteiger partial charge in [0.1, 0.15) is 5.75 Å². The number of imide groups is 1. The van der Waals surface area contributed by atoms with Crippen molar-refractivity contribution in [3.63, 3.8) is 0 Å². The lowest BCUT2D eigenvalue weighted by molar-refractivity contribution is 0.0642. The summed E-state index contributed by atoms with van der Waals surface area (Å²) in [5.74, 6) is -0.624. The highest BCUT2D eigenvalue weighted by Crippen LogP contribution is 2.26. The zero-order valence-electron chi connectivity index (χ0n) is 19.1. The van der Waals surface area contributed by atoms with Crippen LogP contribution in [0.1, 0.15) is 43.6 Å². The van der Waals surface area contributed by atoms with Crippen LogP contribution in [0, 0.1) is 0 Å². The summed E-state index contributed by atoms with van der Waals surface area (Å²) in [6.45, 7) is 2.14. The van der Waals surface area contributed by atoms with Gasteiger partial charge in [-0.25, -0.2) is 5.43 Å². The standard InChI is InChI=1S/C25H20N6O5/c1-2-35-20-8-7-15(14-31-23(33)17-5-3-4-6-18(17)24(31)34)13-19(20)22(32)28-29-25-27-21(30-36-25)16-9-11-26-12-10-16/h3-13H,2,14H2,1H3,(H,28,32)(H,27,29,30). The van der Waals surface area contributed by atoms with E-state index >= 15 is 0 Å². The fraction of sp³-hybridized carbons (Fsp3) is 0.120. The zero-order chi connectivity index (χ0) is 25.1. The van der Waals surface area contributed by atoms with E-state index in [0.717, 1.165) is 4.90 Å². The van der Waals surface area contributed by atoms with Crippen LogP contribution in [0.5, 0.6) is 5.75 Å². The minimum atomic E-state index is -0.536. The van der Waals surface area contributed by atoms with Crippen molar-refractivity contribution in [3.8, 4) is 17.1 Å². The SMILES string of the molecule is CCOc1ccc(CN2C(=O)c3ccccc3C2=O)cc1C(=O)NNc1nc(-c2ccncc2)no1. The minimum Gasteiger partial charge on any atom is -0.493 e. The van der Waals surface area contributed by atoms with E-state index in [1.165, 1.54) is 0 Å². The quantitative estimate of drug-likeness (QED) is 0.285. The molecule has 1 aliphatic heterocycles. The van der Waals surface area contributed by atoms with Gasteiger partial charge in [-0.1, -0.05) is 23.4 Å². The first-order valence-corrected chi connectivity index (χ1v) is 11.1. The van der Waals surface area contributed by atoms with Gasteiger partial charge in [0.25, 0.3) is 17.7 Å². The molecule has 2 aromatic carbocycles. The third-order valence-electron chi connectivity index (χ3n) is 5.45. The molecule has 5 rings (SSSR count). The Hall–Kier alpha value is -5.06. The second-order valence-electron chi connectivity index (χ2n) is 7.74. The van der Waals surface area contributed by atoms with Crippen LogP contribution in [0.15, 0.2) is 71.5 Å². The highest BCUT2D eigenvalue weighted by atomic mass is 16.5. The van der Waals surface area contributed by atoms with E-state index < -0.39 is 5.91 Å². The maximum absolute atomic E-state index is 13.0. The number of aromatic nitrogens is 3. The number of anilines is 1. The molecule has 11 nitrogen and oxygen atoms in total. The molecule has 0 unspecified atom stereocenters. The first-order chi connectivity index (χ1) is 17.5. The number of fused-ring (bicyclic) bond motifs is 1. The number of hydrogen-bond acceptors (Lipinski definition) is 9. The summed E-state index contributed by atoms with van der Waals surface area (Å²) in [7, 11) is 0. The van der Waals surface area contributed by atoms with Crippen molar-refractivity contribution in [2.75, 3.05) is 12.0 Å². The van der Waals surface area contributed by atoms with Crippen molar-refractivity contribution in [1.29, 1.82) is 0 Å². The number of pyridine rings is 1. The number of ether oxygens (including phenoxy) is 1. The number of nitrogens with zero attached hydrogens (tertiary/aromatic N) is 4. The first-order valence-electron chi connectivity index (χ1n) is 11.1. The van der Waals surface area contributed by atoms with Gasteiger partial charge in [-0.2, -0.15) is 4.98 Å². The summed E-state index contributed by atoms with van der Waals surface area (Å²) < 4.78 is 10.7. The van der Waals surface area contributed by atoms with Gasteiger partial charge in [0.15, 0.2) is 0 Å². The Bertz CT molecular complexity index is 1420. The summed E-state index contributed by atoms with van der Waals surface area (Å²) in [6.07, 6.45) is 3.20. The van der Waals surface area contributed by atoms with E-state index in [2.05, 4.69) is 26.0 Å². The van der Waals surface area contributed by atoms with Gasteiger partial charge in [-0.05, 0) is 48.9 Å². The normalized spacial score (nSPS) is 12.4.